The monoisotopic (exact) mass is 690 g/mol. The summed E-state index contributed by atoms with van der Waals surface area (Å²) in [5, 5.41) is 0. The number of fused-ring (bicyclic) bond motifs is 4. The summed E-state index contributed by atoms with van der Waals surface area (Å²) in [6.07, 6.45) is -9.53. The largest absolute Gasteiger partial charge is 0.386 e. The van der Waals surface area contributed by atoms with Crippen LogP contribution in [0.5, 0.6) is 0 Å². The standard InChI is InChI=1S/C20H23BF2N10O9P2S/c21-43(35)37-1-6-13(9(23)19(39-6)33-5-29-11-16(33)30-20(25)31-17(11)34)42-44(36,45)38-2-7-12(41-43)8(22)18(40-7)32-4-28-10-14(24)26-3-27-15(10)32/h3-9,12-13,18-19H,1-2,21H2,(H,36,45)(H2,24,26,27)(H3,25,30,31,34)/t6-,7-,8-,9-,12-,13-,18-,19-,43+,44-/m1/s1. The van der Waals surface area contributed by atoms with Crippen molar-refractivity contribution in [3.63, 3.8) is 0 Å². The molecular formula is C20H23BF2N10O9P2S. The molecule has 3 saturated heterocycles. The van der Waals surface area contributed by atoms with Crippen LogP contribution in [0.25, 0.3) is 22.3 Å². The third-order valence-corrected chi connectivity index (χ3v) is 10.2. The first-order chi connectivity index (χ1) is 21.3. The summed E-state index contributed by atoms with van der Waals surface area (Å²) in [6.45, 7) is -5.70. The van der Waals surface area contributed by atoms with E-state index in [-0.39, 0.29) is 34.1 Å². The zero-order chi connectivity index (χ0) is 31.8. The van der Waals surface area contributed by atoms with Gasteiger partial charge in [0.05, 0.1) is 25.9 Å². The first-order valence-corrected chi connectivity index (χ1v) is 17.8. The fourth-order valence-electron chi connectivity index (χ4n) is 5.35. The van der Waals surface area contributed by atoms with Crippen molar-refractivity contribution in [3.8, 4) is 0 Å². The number of rotatable bonds is 2. The van der Waals surface area contributed by atoms with Crippen molar-refractivity contribution in [1.29, 1.82) is 0 Å². The molecule has 5 N–H and O–H groups in total. The first-order valence-electron chi connectivity index (χ1n) is 13.1. The van der Waals surface area contributed by atoms with Gasteiger partial charge in [0.25, 0.3) is 20.6 Å². The fraction of sp³-hybridized carbons (Fsp3) is 0.500. The van der Waals surface area contributed by atoms with E-state index in [1.54, 1.807) is 0 Å². The van der Waals surface area contributed by atoms with E-state index in [2.05, 4.69) is 42.2 Å². The van der Waals surface area contributed by atoms with Crippen LogP contribution in [0.2, 0.25) is 0 Å². The van der Waals surface area contributed by atoms with Crippen LogP contribution in [0.3, 0.4) is 0 Å². The van der Waals surface area contributed by atoms with Crippen molar-refractivity contribution in [3.05, 3.63) is 29.3 Å². The highest BCUT2D eigenvalue weighted by Gasteiger charge is 2.54. The number of halogens is 2. The van der Waals surface area contributed by atoms with Gasteiger partial charge in [-0.05, 0) is 0 Å². The van der Waals surface area contributed by atoms with Crippen LogP contribution in [0.1, 0.15) is 12.5 Å². The summed E-state index contributed by atoms with van der Waals surface area (Å²) < 4.78 is 94.8. The number of thiol groups is 1. The lowest BCUT2D eigenvalue weighted by Gasteiger charge is -2.29. The molecule has 0 unspecified atom stereocenters. The number of aromatic nitrogens is 8. The van der Waals surface area contributed by atoms with E-state index in [0.717, 1.165) is 24.8 Å². The highest BCUT2D eigenvalue weighted by Crippen LogP contribution is 2.58. The molecule has 0 aliphatic carbocycles. The summed E-state index contributed by atoms with van der Waals surface area (Å²) in [4.78, 5) is 34.5. The van der Waals surface area contributed by atoms with E-state index in [0.29, 0.717) is 0 Å². The van der Waals surface area contributed by atoms with E-state index in [4.69, 9.17) is 39.0 Å². The SMILES string of the molecule is B[P@]1(=O)OC[C@H]2O[C@@H](n3cnc4c(=O)[nH]c(N)nc43)[C@H](F)[C@@H]2O[P@](=O)(S)OC[C@H]2O[C@@H](n3cnc4c(N)ncnc43)[C@H](F)[C@@H]2O1. The molecule has 0 amide bonds. The molecule has 3 aliphatic heterocycles. The van der Waals surface area contributed by atoms with E-state index in [1.165, 1.54) is 10.9 Å². The number of hydrogen-bond donors (Lipinski definition) is 4. The van der Waals surface area contributed by atoms with Gasteiger partial charge in [-0.15, -0.1) is 0 Å². The zero-order valence-corrected chi connectivity index (χ0v) is 25.5. The summed E-state index contributed by atoms with van der Waals surface area (Å²) in [6, 6.07) is 0. The van der Waals surface area contributed by atoms with Gasteiger partial charge in [0.1, 0.15) is 36.3 Å². The van der Waals surface area contributed by atoms with Crippen molar-refractivity contribution in [2.24, 2.45) is 0 Å². The minimum atomic E-state index is -4.42. The Balaban J connectivity index is 1.17. The average Bonchev–Trinajstić information content (AvgIpc) is 3.72. The number of alkyl halides is 2. The lowest BCUT2D eigenvalue weighted by atomic mass is 10.1. The van der Waals surface area contributed by atoms with Crippen LogP contribution in [0, 0.1) is 0 Å². The number of hydrogen-bond acceptors (Lipinski definition) is 16. The number of nitrogens with one attached hydrogen (secondary N) is 1. The first kappa shape index (κ1) is 30.6. The van der Waals surface area contributed by atoms with Gasteiger partial charge in [-0.3, -0.25) is 32.5 Å². The molecule has 0 aromatic carbocycles. The number of anilines is 2. The quantitative estimate of drug-likeness (QED) is 0.125. The van der Waals surface area contributed by atoms with Gasteiger partial charge in [-0.2, -0.15) is 4.98 Å². The molecule has 7 rings (SSSR count). The molecule has 45 heavy (non-hydrogen) atoms. The topological polar surface area (TPSA) is 249 Å². The molecule has 4 aromatic heterocycles. The normalized spacial score (nSPS) is 37.7. The van der Waals surface area contributed by atoms with Gasteiger partial charge in [0, 0.05) is 0 Å². The Morgan fingerprint density at radius 2 is 1.51 bits per heavy atom. The Morgan fingerprint density at radius 3 is 2.20 bits per heavy atom. The molecule has 0 spiro atoms. The van der Waals surface area contributed by atoms with Gasteiger partial charge in [-0.1, -0.05) is 12.2 Å². The van der Waals surface area contributed by atoms with Gasteiger partial charge in [0.2, 0.25) is 5.95 Å². The summed E-state index contributed by atoms with van der Waals surface area (Å²) in [5.41, 5.74) is 10.9. The van der Waals surface area contributed by atoms with Gasteiger partial charge in [-0.25, -0.2) is 33.3 Å². The Labute approximate surface area is 255 Å². The third kappa shape index (κ3) is 5.45. The summed E-state index contributed by atoms with van der Waals surface area (Å²) >= 11 is 3.98. The van der Waals surface area contributed by atoms with Crippen LogP contribution in [-0.4, -0.2) is 96.6 Å². The minimum Gasteiger partial charge on any atom is -0.382 e. The molecule has 3 fully saturated rings. The number of imidazole rings is 2. The van der Waals surface area contributed by atoms with Crippen LogP contribution in [-0.2, 0) is 36.7 Å². The van der Waals surface area contributed by atoms with E-state index < -0.39 is 82.3 Å². The molecule has 7 heterocycles. The number of nitrogens with zero attached hydrogens (tertiary/aromatic N) is 7. The zero-order valence-electron chi connectivity index (χ0n) is 22.8. The van der Waals surface area contributed by atoms with Crippen molar-refractivity contribution >= 4 is 68.2 Å². The van der Waals surface area contributed by atoms with Crippen molar-refractivity contribution in [1.82, 2.24) is 39.0 Å². The van der Waals surface area contributed by atoms with Crippen LogP contribution in [0.4, 0.5) is 20.5 Å². The molecule has 4 aromatic rings. The minimum absolute atomic E-state index is 0.0503. The molecule has 0 radical (unpaired) electrons. The lowest BCUT2D eigenvalue weighted by molar-refractivity contribution is -0.0546. The smallest absolute Gasteiger partial charge is 0.382 e. The second-order valence-corrected chi connectivity index (χ2v) is 15.2. The van der Waals surface area contributed by atoms with Crippen molar-refractivity contribution in [2.45, 2.75) is 49.2 Å². The van der Waals surface area contributed by atoms with Crippen molar-refractivity contribution in [2.75, 3.05) is 24.7 Å². The third-order valence-electron chi connectivity index (χ3n) is 7.36. The summed E-state index contributed by atoms with van der Waals surface area (Å²) in [5.74, 6) is -0.208. The average molecular weight is 690 g/mol. The number of nitrogen functional groups attached to an aromatic ring is 2. The van der Waals surface area contributed by atoms with Crippen LogP contribution >= 0.6 is 26.5 Å². The maximum atomic E-state index is 16.0. The van der Waals surface area contributed by atoms with E-state index in [9.17, 15) is 13.9 Å². The molecule has 19 nitrogen and oxygen atoms in total. The number of H-pyrrole nitrogens is 1. The number of nitrogens with two attached hydrogens (primary N) is 2. The number of aromatic amines is 1. The second kappa shape index (κ2) is 11.1. The lowest BCUT2D eigenvalue weighted by Crippen LogP contribution is -2.37. The van der Waals surface area contributed by atoms with E-state index >= 15 is 8.78 Å². The Morgan fingerprint density at radius 1 is 0.911 bits per heavy atom. The van der Waals surface area contributed by atoms with Gasteiger partial charge >= 0.3 is 6.80 Å². The molecule has 3 aliphatic rings. The Hall–Kier alpha value is -3.01. The molecule has 240 valence electrons. The van der Waals surface area contributed by atoms with Crippen LogP contribution < -0.4 is 17.0 Å². The molecule has 0 saturated carbocycles. The fourth-order valence-corrected chi connectivity index (χ4v) is 8.01. The maximum absolute atomic E-state index is 16.0. The van der Waals surface area contributed by atoms with Crippen LogP contribution in [0.15, 0.2) is 23.8 Å². The van der Waals surface area contributed by atoms with Gasteiger partial charge < -0.3 is 30.0 Å². The Kier molecular flexibility index (Phi) is 7.53. The maximum Gasteiger partial charge on any atom is 0.386 e. The van der Waals surface area contributed by atoms with Crippen molar-refractivity contribution < 1.29 is 45.5 Å². The Bertz CT molecular complexity index is 1950. The molecular weight excluding hydrogens is 667 g/mol. The second-order valence-electron chi connectivity index (χ2n) is 10.3. The van der Waals surface area contributed by atoms with E-state index in [1.807, 2.05) is 0 Å². The molecule has 0 bridgehead atoms. The molecule has 10 atom stereocenters. The predicted molar refractivity (Wildman–Crippen MR) is 154 cm³/mol. The van der Waals surface area contributed by atoms with Gasteiger partial charge in [0.15, 0.2) is 47.4 Å². The highest BCUT2D eigenvalue weighted by molar-refractivity contribution is 8.44. The summed E-state index contributed by atoms with van der Waals surface area (Å²) in [7, 11) is -3.04. The highest BCUT2D eigenvalue weighted by atomic mass is 32.7. The predicted octanol–water partition coefficient (Wildman–Crippen LogP) is 0.191. The number of ether oxygens (including phenoxy) is 2. The molecule has 25 heteroatoms.